The maximum atomic E-state index is 13.8. The molecule has 2 aromatic carbocycles. The second kappa shape index (κ2) is 12.4. The van der Waals surface area contributed by atoms with Gasteiger partial charge in [-0.3, -0.25) is 0 Å². The van der Waals surface area contributed by atoms with Crippen molar-refractivity contribution in [3.8, 4) is 11.5 Å². The Labute approximate surface area is 223 Å². The number of aromatic nitrogens is 1. The average Bonchev–Trinajstić information content (AvgIpc) is 3.10. The first kappa shape index (κ1) is 26.9. The van der Waals surface area contributed by atoms with Gasteiger partial charge in [0, 0.05) is 28.9 Å². The van der Waals surface area contributed by atoms with Crippen LogP contribution in [0.5, 0.6) is 11.5 Å². The van der Waals surface area contributed by atoms with E-state index < -0.39 is 10.0 Å². The highest BCUT2D eigenvalue weighted by molar-refractivity contribution is 7.89. The van der Waals surface area contributed by atoms with Crippen LogP contribution >= 0.6 is 22.9 Å². The lowest BCUT2D eigenvalue weighted by atomic mass is 10.1. The molecule has 6 nitrogen and oxygen atoms in total. The third-order valence-corrected chi connectivity index (χ3v) is 9.81. The monoisotopic (exact) mass is 548 g/mol. The van der Waals surface area contributed by atoms with E-state index in [2.05, 4.69) is 4.98 Å². The minimum atomic E-state index is -3.71. The van der Waals surface area contributed by atoms with Gasteiger partial charge in [-0.05, 0) is 61.7 Å². The molecular weight excluding hydrogens is 516 g/mol. The summed E-state index contributed by atoms with van der Waals surface area (Å²) < 4.78 is 40.9. The van der Waals surface area contributed by atoms with Gasteiger partial charge in [0.1, 0.15) is 0 Å². The molecule has 9 heteroatoms. The normalized spacial score (nSPS) is 15.1. The number of halogens is 1. The van der Waals surface area contributed by atoms with Crippen molar-refractivity contribution < 1.29 is 17.9 Å². The van der Waals surface area contributed by atoms with Gasteiger partial charge in [0.25, 0.3) is 0 Å². The molecule has 0 unspecified atom stereocenters. The summed E-state index contributed by atoms with van der Waals surface area (Å²) in [5.74, 6) is 1.24. The fraction of sp³-hybridized carbons (Fsp3) is 0.444. The molecule has 1 aromatic heterocycles. The first-order valence-corrected chi connectivity index (χ1v) is 15.0. The summed E-state index contributed by atoms with van der Waals surface area (Å²) in [5, 5.41) is 0.515. The molecule has 1 aliphatic rings. The first-order valence-electron chi connectivity index (χ1n) is 12.3. The van der Waals surface area contributed by atoms with Crippen molar-refractivity contribution in [2.75, 3.05) is 13.7 Å². The van der Waals surface area contributed by atoms with E-state index in [1.54, 1.807) is 47.0 Å². The molecule has 1 heterocycles. The summed E-state index contributed by atoms with van der Waals surface area (Å²) in [6.45, 7) is 2.78. The number of ether oxygens (including phenoxy) is 2. The van der Waals surface area contributed by atoms with Crippen LogP contribution < -0.4 is 9.47 Å². The molecule has 0 atom stereocenters. The van der Waals surface area contributed by atoms with E-state index in [1.165, 1.54) is 4.88 Å². The highest BCUT2D eigenvalue weighted by atomic mass is 35.5. The Morgan fingerprint density at radius 2 is 1.78 bits per heavy atom. The summed E-state index contributed by atoms with van der Waals surface area (Å²) in [6, 6.07) is 12.1. The van der Waals surface area contributed by atoms with Crippen LogP contribution in [0.4, 0.5) is 0 Å². The number of benzene rings is 2. The average molecular weight is 549 g/mol. The van der Waals surface area contributed by atoms with E-state index >= 15 is 0 Å². The molecule has 0 bridgehead atoms. The lowest BCUT2D eigenvalue weighted by molar-refractivity contribution is 0.283. The van der Waals surface area contributed by atoms with E-state index in [0.717, 1.165) is 56.2 Å². The lowest BCUT2D eigenvalue weighted by Gasteiger charge is -2.30. The van der Waals surface area contributed by atoms with Crippen molar-refractivity contribution in [2.45, 2.75) is 69.4 Å². The van der Waals surface area contributed by atoms with Gasteiger partial charge in [0.15, 0.2) is 11.5 Å². The second-order valence-corrected chi connectivity index (χ2v) is 12.4. The Balaban J connectivity index is 1.55. The summed E-state index contributed by atoms with van der Waals surface area (Å²) in [7, 11) is -2.10. The second-order valence-electron chi connectivity index (χ2n) is 9.09. The SMILES string of the molecule is COc1cc(CN(C2CCCCCC2)S(=O)(=O)c2ccc(Cl)cc2)ccc1OCCc1scnc1C. The Morgan fingerprint density at radius 3 is 2.42 bits per heavy atom. The summed E-state index contributed by atoms with van der Waals surface area (Å²) in [6.07, 6.45) is 6.86. The number of hydrogen-bond acceptors (Lipinski definition) is 6. The molecule has 0 amide bonds. The Morgan fingerprint density at radius 1 is 1.06 bits per heavy atom. The number of sulfonamides is 1. The fourth-order valence-corrected chi connectivity index (χ4v) is 7.19. The molecule has 0 N–H and O–H groups in total. The number of hydrogen-bond donors (Lipinski definition) is 0. The zero-order chi connectivity index (χ0) is 25.5. The van der Waals surface area contributed by atoms with Crippen LogP contribution in [0.15, 0.2) is 52.9 Å². The van der Waals surface area contributed by atoms with Gasteiger partial charge in [0.2, 0.25) is 10.0 Å². The largest absolute Gasteiger partial charge is 0.493 e. The van der Waals surface area contributed by atoms with E-state index in [1.807, 2.05) is 30.6 Å². The third-order valence-electron chi connectivity index (χ3n) is 6.65. The predicted octanol–water partition coefficient (Wildman–Crippen LogP) is 6.65. The van der Waals surface area contributed by atoms with Crippen molar-refractivity contribution in [2.24, 2.45) is 0 Å². The molecule has 4 rings (SSSR count). The van der Waals surface area contributed by atoms with Gasteiger partial charge in [-0.2, -0.15) is 4.31 Å². The Hall–Kier alpha value is -2.13. The molecule has 1 aliphatic carbocycles. The van der Waals surface area contributed by atoms with Crippen LogP contribution in [0.2, 0.25) is 5.02 Å². The van der Waals surface area contributed by atoms with Gasteiger partial charge in [-0.1, -0.05) is 43.4 Å². The summed E-state index contributed by atoms with van der Waals surface area (Å²) in [5.41, 5.74) is 3.74. The number of aryl methyl sites for hydroxylation is 1. The van der Waals surface area contributed by atoms with Crippen molar-refractivity contribution in [3.63, 3.8) is 0 Å². The highest BCUT2D eigenvalue weighted by Crippen LogP contribution is 2.33. The Kier molecular flexibility index (Phi) is 9.28. The molecule has 0 aliphatic heterocycles. The number of methoxy groups -OCH3 is 1. The minimum Gasteiger partial charge on any atom is -0.493 e. The standard InChI is InChI=1S/C27H33ClN2O4S2/c1-20-27(35-19-29-20)15-16-34-25-14-9-21(17-26(25)33-2)18-30(23-7-5-3-4-6-8-23)36(31,32)24-12-10-22(28)11-13-24/h9-14,17,19,23H,3-8,15-16,18H2,1-2H3. The van der Waals surface area contributed by atoms with Crippen LogP contribution in [-0.4, -0.2) is 37.5 Å². The quantitative estimate of drug-likeness (QED) is 0.265. The van der Waals surface area contributed by atoms with Crippen molar-refractivity contribution >= 4 is 33.0 Å². The lowest BCUT2D eigenvalue weighted by Crippen LogP contribution is -2.39. The minimum absolute atomic E-state index is 0.0438. The van der Waals surface area contributed by atoms with E-state index in [-0.39, 0.29) is 17.5 Å². The zero-order valence-corrected chi connectivity index (χ0v) is 23.2. The number of nitrogens with zero attached hydrogens (tertiary/aromatic N) is 2. The molecule has 1 saturated carbocycles. The smallest absolute Gasteiger partial charge is 0.243 e. The zero-order valence-electron chi connectivity index (χ0n) is 20.8. The van der Waals surface area contributed by atoms with Gasteiger partial charge < -0.3 is 9.47 Å². The Bertz CT molecular complexity index is 1240. The molecule has 0 saturated heterocycles. The molecular formula is C27H33ClN2O4S2. The van der Waals surface area contributed by atoms with E-state index in [0.29, 0.717) is 23.1 Å². The van der Waals surface area contributed by atoms with Crippen molar-refractivity contribution in [3.05, 3.63) is 69.1 Å². The van der Waals surface area contributed by atoms with Crippen LogP contribution in [-0.2, 0) is 23.0 Å². The van der Waals surface area contributed by atoms with Gasteiger partial charge in [0.05, 0.1) is 29.8 Å². The topological polar surface area (TPSA) is 68.7 Å². The van der Waals surface area contributed by atoms with Crippen LogP contribution in [0.25, 0.3) is 0 Å². The van der Waals surface area contributed by atoms with Crippen LogP contribution in [0.3, 0.4) is 0 Å². The van der Waals surface area contributed by atoms with Gasteiger partial charge in [-0.25, -0.2) is 13.4 Å². The number of thiazole rings is 1. The van der Waals surface area contributed by atoms with Crippen molar-refractivity contribution in [1.29, 1.82) is 0 Å². The molecule has 1 fully saturated rings. The number of rotatable bonds is 10. The van der Waals surface area contributed by atoms with E-state index in [9.17, 15) is 8.42 Å². The summed E-state index contributed by atoms with van der Waals surface area (Å²) in [4.78, 5) is 5.75. The molecule has 194 valence electrons. The molecule has 36 heavy (non-hydrogen) atoms. The maximum absolute atomic E-state index is 13.8. The predicted molar refractivity (Wildman–Crippen MR) is 145 cm³/mol. The van der Waals surface area contributed by atoms with Crippen molar-refractivity contribution in [1.82, 2.24) is 9.29 Å². The molecule has 3 aromatic rings. The third kappa shape index (κ3) is 6.59. The molecule has 0 radical (unpaired) electrons. The van der Waals surface area contributed by atoms with Crippen LogP contribution in [0, 0.1) is 6.92 Å². The fourth-order valence-electron chi connectivity index (χ4n) is 4.63. The van der Waals surface area contributed by atoms with Gasteiger partial charge in [-0.15, -0.1) is 11.3 Å². The van der Waals surface area contributed by atoms with Gasteiger partial charge >= 0.3 is 0 Å². The first-order chi connectivity index (χ1) is 17.4. The highest BCUT2D eigenvalue weighted by Gasteiger charge is 2.32. The molecule has 0 spiro atoms. The maximum Gasteiger partial charge on any atom is 0.243 e. The van der Waals surface area contributed by atoms with E-state index in [4.69, 9.17) is 21.1 Å². The summed E-state index contributed by atoms with van der Waals surface area (Å²) >= 11 is 7.65. The van der Waals surface area contributed by atoms with Crippen LogP contribution in [0.1, 0.15) is 54.7 Å².